The van der Waals surface area contributed by atoms with Crippen LogP contribution in [0, 0.1) is 6.92 Å². The monoisotopic (exact) mass is 422 g/mol. The quantitative estimate of drug-likeness (QED) is 0.520. The lowest BCUT2D eigenvalue weighted by Crippen LogP contribution is -2.33. The maximum absolute atomic E-state index is 13.0. The van der Waals surface area contributed by atoms with Crippen LogP contribution in [0.2, 0.25) is 0 Å². The second kappa shape index (κ2) is 8.88. The average Bonchev–Trinajstić information content (AvgIpc) is 3.50. The summed E-state index contributed by atoms with van der Waals surface area (Å²) in [6, 6.07) is 14.5. The lowest BCUT2D eigenvalue weighted by molar-refractivity contribution is -0.131. The van der Waals surface area contributed by atoms with E-state index in [1.165, 1.54) is 11.1 Å². The number of ether oxygens (including phenoxy) is 2. The van der Waals surface area contributed by atoms with Gasteiger partial charge in [0, 0.05) is 23.5 Å². The molecule has 2 aromatic carbocycles. The number of amides is 1. The first-order chi connectivity index (χ1) is 14.6. The highest BCUT2D eigenvalue weighted by atomic mass is 32.1. The third kappa shape index (κ3) is 4.65. The van der Waals surface area contributed by atoms with Crippen molar-refractivity contribution in [3.63, 3.8) is 0 Å². The zero-order valence-electron chi connectivity index (χ0n) is 17.6. The summed E-state index contributed by atoms with van der Waals surface area (Å²) in [5.41, 5.74) is 4.16. The highest BCUT2D eigenvalue weighted by Crippen LogP contribution is 2.34. The van der Waals surface area contributed by atoms with Gasteiger partial charge in [0.15, 0.2) is 11.5 Å². The van der Waals surface area contributed by atoms with Crippen molar-refractivity contribution in [3.05, 3.63) is 64.7 Å². The SMILES string of the molecule is COc1ccc(-c2nc(CC(=O)N(Cc3ccc(C)cc3)C3CC3)cs2)cc1OC. The van der Waals surface area contributed by atoms with E-state index in [0.717, 1.165) is 29.1 Å². The van der Waals surface area contributed by atoms with Gasteiger partial charge in [0.1, 0.15) is 5.01 Å². The molecule has 0 N–H and O–H groups in total. The largest absolute Gasteiger partial charge is 0.493 e. The fourth-order valence-corrected chi connectivity index (χ4v) is 4.26. The molecule has 30 heavy (non-hydrogen) atoms. The van der Waals surface area contributed by atoms with Crippen LogP contribution in [0.1, 0.15) is 29.7 Å². The van der Waals surface area contributed by atoms with Crippen molar-refractivity contribution >= 4 is 17.2 Å². The van der Waals surface area contributed by atoms with E-state index in [9.17, 15) is 4.79 Å². The van der Waals surface area contributed by atoms with Crippen LogP contribution < -0.4 is 9.47 Å². The Morgan fingerprint density at radius 1 is 1.10 bits per heavy atom. The normalized spacial score (nSPS) is 13.2. The molecule has 0 saturated heterocycles. The summed E-state index contributed by atoms with van der Waals surface area (Å²) in [5, 5.41) is 2.84. The minimum atomic E-state index is 0.141. The average molecular weight is 423 g/mol. The number of carbonyl (C=O) groups is 1. The van der Waals surface area contributed by atoms with Crippen LogP contribution in [0.25, 0.3) is 10.6 Å². The highest BCUT2D eigenvalue weighted by Gasteiger charge is 2.32. The first-order valence-electron chi connectivity index (χ1n) is 10.1. The first-order valence-corrected chi connectivity index (χ1v) is 11.0. The molecular weight excluding hydrogens is 396 g/mol. The molecule has 4 rings (SSSR count). The Labute approximate surface area is 181 Å². The molecular formula is C24H26N2O3S. The number of carbonyl (C=O) groups excluding carboxylic acids is 1. The molecule has 0 bridgehead atoms. The van der Waals surface area contributed by atoms with Crippen molar-refractivity contribution in [2.45, 2.75) is 38.8 Å². The van der Waals surface area contributed by atoms with Crippen molar-refractivity contribution < 1.29 is 14.3 Å². The summed E-state index contributed by atoms with van der Waals surface area (Å²) in [6.07, 6.45) is 2.50. The number of hydrogen-bond donors (Lipinski definition) is 0. The molecule has 1 amide bonds. The summed E-state index contributed by atoms with van der Waals surface area (Å²) in [5.74, 6) is 1.49. The van der Waals surface area contributed by atoms with E-state index >= 15 is 0 Å². The molecule has 0 atom stereocenters. The number of thiazole rings is 1. The molecule has 0 aliphatic heterocycles. The second-order valence-corrected chi connectivity index (χ2v) is 8.49. The van der Waals surface area contributed by atoms with Gasteiger partial charge in [-0.1, -0.05) is 29.8 Å². The van der Waals surface area contributed by atoms with Crippen molar-refractivity contribution in [2.75, 3.05) is 14.2 Å². The predicted octanol–water partition coefficient (Wildman–Crippen LogP) is 4.87. The smallest absolute Gasteiger partial charge is 0.229 e. The number of aromatic nitrogens is 1. The standard InChI is InChI=1S/C24H26N2O3S/c1-16-4-6-17(7-5-16)14-26(20-9-10-20)23(27)13-19-15-30-24(25-19)18-8-11-21(28-2)22(12-18)29-3/h4-8,11-12,15,20H,9-10,13-14H2,1-3H3. The molecule has 0 unspecified atom stereocenters. The second-order valence-electron chi connectivity index (χ2n) is 7.63. The van der Waals surface area contributed by atoms with Gasteiger partial charge >= 0.3 is 0 Å². The van der Waals surface area contributed by atoms with Crippen molar-refractivity contribution in [2.24, 2.45) is 0 Å². The number of aryl methyl sites for hydroxylation is 1. The third-order valence-corrected chi connectivity index (χ3v) is 6.24. The van der Waals surface area contributed by atoms with Crippen LogP contribution in [-0.4, -0.2) is 36.1 Å². The van der Waals surface area contributed by atoms with Crippen LogP contribution in [0.4, 0.5) is 0 Å². The van der Waals surface area contributed by atoms with Crippen molar-refractivity contribution in [1.82, 2.24) is 9.88 Å². The van der Waals surface area contributed by atoms with Gasteiger partial charge < -0.3 is 14.4 Å². The van der Waals surface area contributed by atoms with Crippen LogP contribution in [0.3, 0.4) is 0 Å². The van der Waals surface area contributed by atoms with Crippen LogP contribution >= 0.6 is 11.3 Å². The van der Waals surface area contributed by atoms with E-state index in [0.29, 0.717) is 30.5 Å². The molecule has 1 aliphatic carbocycles. The Hall–Kier alpha value is -2.86. The molecule has 1 saturated carbocycles. The number of rotatable bonds is 8. The summed E-state index contributed by atoms with van der Waals surface area (Å²) in [6.45, 7) is 2.74. The van der Waals surface area contributed by atoms with Gasteiger partial charge in [0.25, 0.3) is 0 Å². The summed E-state index contributed by atoms with van der Waals surface area (Å²) < 4.78 is 10.7. The topological polar surface area (TPSA) is 51.7 Å². The fraction of sp³-hybridized carbons (Fsp3) is 0.333. The van der Waals surface area contributed by atoms with E-state index in [2.05, 4.69) is 31.2 Å². The van der Waals surface area contributed by atoms with E-state index < -0.39 is 0 Å². The number of methoxy groups -OCH3 is 2. The van der Waals surface area contributed by atoms with Gasteiger partial charge in [-0.15, -0.1) is 11.3 Å². The molecule has 0 spiro atoms. The minimum Gasteiger partial charge on any atom is -0.493 e. The zero-order valence-corrected chi connectivity index (χ0v) is 18.4. The highest BCUT2D eigenvalue weighted by molar-refractivity contribution is 7.13. The number of nitrogens with zero attached hydrogens (tertiary/aromatic N) is 2. The molecule has 0 radical (unpaired) electrons. The fourth-order valence-electron chi connectivity index (χ4n) is 3.44. The van der Waals surface area contributed by atoms with Crippen LogP contribution in [0.5, 0.6) is 11.5 Å². The van der Waals surface area contributed by atoms with Gasteiger partial charge in [0.2, 0.25) is 5.91 Å². The Bertz CT molecular complexity index is 1030. The molecule has 1 fully saturated rings. The summed E-state index contributed by atoms with van der Waals surface area (Å²) in [7, 11) is 3.24. The van der Waals surface area contributed by atoms with Crippen molar-refractivity contribution in [3.8, 4) is 22.1 Å². The zero-order chi connectivity index (χ0) is 21.1. The van der Waals surface area contributed by atoms with E-state index in [4.69, 9.17) is 14.5 Å². The van der Waals surface area contributed by atoms with Gasteiger partial charge in [-0.25, -0.2) is 4.98 Å². The maximum atomic E-state index is 13.0. The molecule has 3 aromatic rings. The first kappa shape index (κ1) is 20.4. The van der Waals surface area contributed by atoms with E-state index in [1.807, 2.05) is 28.5 Å². The Balaban J connectivity index is 1.47. The Morgan fingerprint density at radius 2 is 1.83 bits per heavy atom. The molecule has 156 valence electrons. The van der Waals surface area contributed by atoms with Gasteiger partial charge in [-0.2, -0.15) is 0 Å². The molecule has 1 aliphatic rings. The summed E-state index contributed by atoms with van der Waals surface area (Å²) >= 11 is 1.54. The molecule has 1 heterocycles. The van der Waals surface area contributed by atoms with Gasteiger partial charge in [-0.3, -0.25) is 4.79 Å². The summed E-state index contributed by atoms with van der Waals surface area (Å²) in [4.78, 5) is 19.8. The lowest BCUT2D eigenvalue weighted by atomic mass is 10.1. The predicted molar refractivity (Wildman–Crippen MR) is 119 cm³/mol. The lowest BCUT2D eigenvalue weighted by Gasteiger charge is -2.22. The van der Waals surface area contributed by atoms with Crippen molar-refractivity contribution in [1.29, 1.82) is 0 Å². The molecule has 5 nitrogen and oxygen atoms in total. The van der Waals surface area contributed by atoms with E-state index in [-0.39, 0.29) is 5.91 Å². The van der Waals surface area contributed by atoms with Gasteiger partial charge in [0.05, 0.1) is 26.3 Å². The Kier molecular flexibility index (Phi) is 6.04. The van der Waals surface area contributed by atoms with Gasteiger partial charge in [-0.05, 0) is 43.5 Å². The van der Waals surface area contributed by atoms with E-state index in [1.54, 1.807) is 25.6 Å². The van der Waals surface area contributed by atoms with Crippen LogP contribution in [-0.2, 0) is 17.8 Å². The maximum Gasteiger partial charge on any atom is 0.229 e. The number of benzene rings is 2. The molecule has 6 heteroatoms. The van der Waals surface area contributed by atoms with Crippen LogP contribution in [0.15, 0.2) is 47.8 Å². The number of hydrogen-bond acceptors (Lipinski definition) is 5. The Morgan fingerprint density at radius 3 is 2.50 bits per heavy atom. The third-order valence-electron chi connectivity index (χ3n) is 5.30. The minimum absolute atomic E-state index is 0.141. The molecule has 1 aromatic heterocycles.